The predicted octanol–water partition coefficient (Wildman–Crippen LogP) is 3.24. The van der Waals surface area contributed by atoms with Crippen molar-refractivity contribution in [3.05, 3.63) is 29.8 Å². The molecule has 0 radical (unpaired) electrons. The van der Waals surface area contributed by atoms with Gasteiger partial charge in [-0.05, 0) is 37.3 Å². The zero-order chi connectivity index (χ0) is 16.4. The molecule has 2 aliphatic rings. The van der Waals surface area contributed by atoms with Crippen molar-refractivity contribution in [3.63, 3.8) is 0 Å². The van der Waals surface area contributed by atoms with Gasteiger partial charge in [0.15, 0.2) is 5.13 Å². The van der Waals surface area contributed by atoms with Crippen molar-refractivity contribution in [2.75, 3.05) is 25.0 Å². The van der Waals surface area contributed by atoms with Gasteiger partial charge in [0, 0.05) is 31.3 Å². The van der Waals surface area contributed by atoms with E-state index < -0.39 is 0 Å². The molecular formula is C17H20N4O2S. The molecule has 0 unspecified atom stereocenters. The third-order valence-corrected chi connectivity index (χ3v) is 5.10. The average molecular weight is 344 g/mol. The third-order valence-electron chi connectivity index (χ3n) is 4.34. The van der Waals surface area contributed by atoms with Gasteiger partial charge in [0.1, 0.15) is 5.69 Å². The number of hydrogen-bond acceptors (Lipinski definition) is 5. The van der Waals surface area contributed by atoms with E-state index in [4.69, 9.17) is 4.74 Å². The fourth-order valence-corrected chi connectivity index (χ4v) is 3.43. The lowest BCUT2D eigenvalue weighted by molar-refractivity contribution is 0.0543. The van der Waals surface area contributed by atoms with E-state index in [0.29, 0.717) is 11.7 Å². The Morgan fingerprint density at radius 1 is 1.33 bits per heavy atom. The number of nitrogens with zero attached hydrogens (tertiary/aromatic N) is 3. The van der Waals surface area contributed by atoms with Crippen LogP contribution in [0, 0.1) is 5.92 Å². The van der Waals surface area contributed by atoms with Crippen molar-refractivity contribution in [2.24, 2.45) is 5.92 Å². The van der Waals surface area contributed by atoms with Gasteiger partial charge in [-0.15, -0.1) is 11.3 Å². The second-order valence-corrected chi connectivity index (χ2v) is 7.17. The molecule has 0 spiro atoms. The van der Waals surface area contributed by atoms with E-state index in [2.05, 4.69) is 15.3 Å². The molecule has 1 aliphatic heterocycles. The van der Waals surface area contributed by atoms with E-state index >= 15 is 0 Å². The van der Waals surface area contributed by atoms with Crippen LogP contribution in [0.4, 0.5) is 9.93 Å². The molecule has 1 aliphatic carbocycles. The first-order valence-electron chi connectivity index (χ1n) is 8.32. The SMILES string of the molecule is O=C(Nc1nc(-c2ccccn2)cs1)N1CC[C@H](OCC2CC2)C1. The summed E-state index contributed by atoms with van der Waals surface area (Å²) < 4.78 is 5.88. The fraction of sp³-hybridized carbons (Fsp3) is 0.471. The number of urea groups is 1. The summed E-state index contributed by atoms with van der Waals surface area (Å²) in [6, 6.07) is 5.59. The van der Waals surface area contributed by atoms with Crippen molar-refractivity contribution in [2.45, 2.75) is 25.4 Å². The van der Waals surface area contributed by atoms with Crippen molar-refractivity contribution in [1.82, 2.24) is 14.9 Å². The summed E-state index contributed by atoms with van der Waals surface area (Å²) in [4.78, 5) is 22.9. The zero-order valence-electron chi connectivity index (χ0n) is 13.4. The number of ether oxygens (including phenoxy) is 1. The lowest BCUT2D eigenvalue weighted by atomic mass is 10.3. The standard InChI is InChI=1S/C17H20N4O2S/c22-17(21-8-6-13(9-21)23-10-12-4-5-12)20-16-19-15(11-24-16)14-3-1-2-7-18-14/h1-3,7,11-13H,4-6,8-10H2,(H,19,20,22)/t13-/m0/s1. The van der Waals surface area contributed by atoms with Crippen LogP contribution in [0.3, 0.4) is 0 Å². The molecule has 1 N–H and O–H groups in total. The van der Waals surface area contributed by atoms with E-state index in [9.17, 15) is 4.79 Å². The van der Waals surface area contributed by atoms with Crippen LogP contribution in [0.25, 0.3) is 11.4 Å². The summed E-state index contributed by atoms with van der Waals surface area (Å²) >= 11 is 1.41. The first-order chi connectivity index (χ1) is 11.8. The number of carbonyl (C=O) groups excluding carboxylic acids is 1. The summed E-state index contributed by atoms with van der Waals surface area (Å²) in [6.45, 7) is 2.25. The number of pyridine rings is 1. The maximum atomic E-state index is 12.4. The van der Waals surface area contributed by atoms with Crippen LogP contribution in [0.5, 0.6) is 0 Å². The monoisotopic (exact) mass is 344 g/mol. The molecule has 126 valence electrons. The van der Waals surface area contributed by atoms with Crippen LogP contribution in [0.15, 0.2) is 29.8 Å². The Morgan fingerprint density at radius 3 is 3.04 bits per heavy atom. The minimum absolute atomic E-state index is 0.102. The Bertz CT molecular complexity index is 702. The minimum Gasteiger partial charge on any atom is -0.376 e. The van der Waals surface area contributed by atoms with Crippen LogP contribution in [-0.2, 0) is 4.74 Å². The number of hydrogen-bond donors (Lipinski definition) is 1. The molecule has 2 fully saturated rings. The molecule has 2 aromatic rings. The van der Waals surface area contributed by atoms with Crippen molar-refractivity contribution in [3.8, 4) is 11.4 Å². The average Bonchev–Trinajstić information content (AvgIpc) is 3.12. The number of nitrogens with one attached hydrogen (secondary N) is 1. The quantitative estimate of drug-likeness (QED) is 0.904. The highest BCUT2D eigenvalue weighted by molar-refractivity contribution is 7.14. The van der Waals surface area contributed by atoms with Crippen LogP contribution in [0.1, 0.15) is 19.3 Å². The molecule has 0 bridgehead atoms. The summed E-state index contributed by atoms with van der Waals surface area (Å²) in [5.74, 6) is 0.758. The van der Waals surface area contributed by atoms with Crippen molar-refractivity contribution >= 4 is 22.5 Å². The molecule has 1 saturated carbocycles. The molecule has 2 aromatic heterocycles. The van der Waals surface area contributed by atoms with E-state index in [1.807, 2.05) is 23.6 Å². The third kappa shape index (κ3) is 3.73. The number of aromatic nitrogens is 2. The number of likely N-dealkylation sites (tertiary alicyclic amines) is 1. The van der Waals surface area contributed by atoms with Gasteiger partial charge in [0.05, 0.1) is 11.8 Å². The molecule has 0 aromatic carbocycles. The molecule has 24 heavy (non-hydrogen) atoms. The molecular weight excluding hydrogens is 324 g/mol. The highest BCUT2D eigenvalue weighted by Gasteiger charge is 2.29. The first-order valence-corrected chi connectivity index (χ1v) is 9.20. The second kappa shape index (κ2) is 6.86. The number of rotatable bonds is 5. The molecule has 7 heteroatoms. The Balaban J connectivity index is 1.30. The summed E-state index contributed by atoms with van der Waals surface area (Å²) in [5.41, 5.74) is 1.59. The number of anilines is 1. The van der Waals surface area contributed by atoms with Gasteiger partial charge >= 0.3 is 6.03 Å². The molecule has 2 amide bonds. The Labute approximate surface area is 144 Å². The van der Waals surface area contributed by atoms with E-state index in [1.54, 1.807) is 11.1 Å². The van der Waals surface area contributed by atoms with Gasteiger partial charge in [-0.2, -0.15) is 0 Å². The molecule has 3 heterocycles. The molecule has 1 atom stereocenters. The number of amides is 2. The minimum atomic E-state index is -0.102. The normalized spacial score (nSPS) is 20.3. The maximum absolute atomic E-state index is 12.4. The first kappa shape index (κ1) is 15.5. The Morgan fingerprint density at radius 2 is 2.25 bits per heavy atom. The van der Waals surface area contributed by atoms with Gasteiger partial charge < -0.3 is 9.64 Å². The summed E-state index contributed by atoms with van der Waals surface area (Å²) in [6.07, 6.45) is 5.41. The zero-order valence-corrected chi connectivity index (χ0v) is 14.2. The largest absolute Gasteiger partial charge is 0.376 e. The second-order valence-electron chi connectivity index (χ2n) is 6.32. The number of carbonyl (C=O) groups is 1. The van der Waals surface area contributed by atoms with E-state index in [0.717, 1.165) is 36.9 Å². The van der Waals surface area contributed by atoms with Crippen molar-refractivity contribution < 1.29 is 9.53 Å². The lowest BCUT2D eigenvalue weighted by Crippen LogP contribution is -2.34. The Hall–Kier alpha value is -1.99. The Kier molecular flexibility index (Phi) is 4.44. The van der Waals surface area contributed by atoms with Gasteiger partial charge in [0.25, 0.3) is 0 Å². The maximum Gasteiger partial charge on any atom is 0.323 e. The van der Waals surface area contributed by atoms with Gasteiger partial charge in [-0.1, -0.05) is 6.07 Å². The van der Waals surface area contributed by atoms with Crippen molar-refractivity contribution in [1.29, 1.82) is 0 Å². The van der Waals surface area contributed by atoms with Crippen LogP contribution >= 0.6 is 11.3 Å². The molecule has 6 nitrogen and oxygen atoms in total. The van der Waals surface area contributed by atoms with Gasteiger partial charge in [-0.25, -0.2) is 9.78 Å². The number of thiazole rings is 1. The lowest BCUT2D eigenvalue weighted by Gasteiger charge is -2.16. The van der Waals surface area contributed by atoms with E-state index in [-0.39, 0.29) is 12.1 Å². The van der Waals surface area contributed by atoms with Gasteiger partial charge in [-0.3, -0.25) is 10.3 Å². The molecule has 4 rings (SSSR count). The topological polar surface area (TPSA) is 67.4 Å². The smallest absolute Gasteiger partial charge is 0.323 e. The van der Waals surface area contributed by atoms with E-state index in [1.165, 1.54) is 24.2 Å². The van der Waals surface area contributed by atoms with Crippen LogP contribution in [0.2, 0.25) is 0 Å². The summed E-state index contributed by atoms with van der Waals surface area (Å²) in [5, 5.41) is 5.39. The highest BCUT2D eigenvalue weighted by atomic mass is 32.1. The predicted molar refractivity (Wildman–Crippen MR) is 93.0 cm³/mol. The van der Waals surface area contributed by atoms with Crippen LogP contribution in [-0.4, -0.2) is 46.7 Å². The van der Waals surface area contributed by atoms with Crippen LogP contribution < -0.4 is 5.32 Å². The fourth-order valence-electron chi connectivity index (χ4n) is 2.74. The van der Waals surface area contributed by atoms with Gasteiger partial charge in [0.2, 0.25) is 0 Å². The summed E-state index contributed by atoms with van der Waals surface area (Å²) in [7, 11) is 0. The molecule has 1 saturated heterocycles. The highest BCUT2D eigenvalue weighted by Crippen LogP contribution is 2.30.